The molecule has 0 radical (unpaired) electrons. The summed E-state index contributed by atoms with van der Waals surface area (Å²) in [6.07, 6.45) is -0.304. The van der Waals surface area contributed by atoms with E-state index in [1.54, 1.807) is 32.9 Å². The van der Waals surface area contributed by atoms with E-state index in [2.05, 4.69) is 13.5 Å². The first-order valence-electron chi connectivity index (χ1n) is 7.75. The van der Waals surface area contributed by atoms with Crippen molar-refractivity contribution in [2.45, 2.75) is 38.7 Å². The van der Waals surface area contributed by atoms with Crippen molar-refractivity contribution in [1.29, 1.82) is 0 Å². The summed E-state index contributed by atoms with van der Waals surface area (Å²) in [7, 11) is -3.94. The molecule has 0 amide bonds. The average Bonchev–Trinajstić information content (AvgIpc) is 3.11. The maximum atomic E-state index is 12.9. The quantitative estimate of drug-likeness (QED) is 0.642. The zero-order chi connectivity index (χ0) is 19.1. The Morgan fingerprint density at radius 1 is 1.23 bits per heavy atom. The number of rotatable bonds is 5. The summed E-state index contributed by atoms with van der Waals surface area (Å²) in [6.45, 7) is 7.08. The zero-order valence-corrected chi connectivity index (χ0v) is 17.0. The van der Waals surface area contributed by atoms with Crippen LogP contribution in [0.4, 0.5) is 5.00 Å². The van der Waals surface area contributed by atoms with Crippen molar-refractivity contribution in [3.8, 4) is 0 Å². The molecule has 0 bridgehead atoms. The van der Waals surface area contributed by atoms with Gasteiger partial charge in [-0.05, 0) is 45.4 Å². The molecule has 0 spiro atoms. The van der Waals surface area contributed by atoms with E-state index in [0.717, 1.165) is 16.6 Å². The number of esters is 1. The summed E-state index contributed by atoms with van der Waals surface area (Å²) in [5.41, 5.74) is 1.76. The minimum absolute atomic E-state index is 0.0237. The normalized spacial score (nSPS) is 11.9. The Kier molecular flexibility index (Phi) is 5.00. The van der Waals surface area contributed by atoms with Gasteiger partial charge in [-0.2, -0.15) is 8.75 Å². The summed E-state index contributed by atoms with van der Waals surface area (Å²) in [5, 5.41) is 0.242. The molecule has 0 aliphatic rings. The predicted octanol–water partition coefficient (Wildman–Crippen LogP) is 3.74. The van der Waals surface area contributed by atoms with Gasteiger partial charge in [0.15, 0.2) is 0 Å². The fourth-order valence-electron chi connectivity index (χ4n) is 2.39. The lowest BCUT2D eigenvalue weighted by Gasteiger charge is -2.11. The van der Waals surface area contributed by atoms with Gasteiger partial charge >= 0.3 is 5.97 Å². The van der Waals surface area contributed by atoms with E-state index < -0.39 is 16.0 Å². The second-order valence-corrected chi connectivity index (χ2v) is 9.34. The van der Waals surface area contributed by atoms with Crippen LogP contribution in [0.3, 0.4) is 0 Å². The smallest absolute Gasteiger partial charge is 0.341 e. The van der Waals surface area contributed by atoms with Gasteiger partial charge in [-0.3, -0.25) is 4.72 Å². The molecule has 10 heteroatoms. The van der Waals surface area contributed by atoms with Crippen LogP contribution >= 0.6 is 23.1 Å². The second kappa shape index (κ2) is 6.93. The molecule has 0 aliphatic carbocycles. The highest BCUT2D eigenvalue weighted by atomic mass is 32.2. The van der Waals surface area contributed by atoms with E-state index in [9.17, 15) is 13.2 Å². The van der Waals surface area contributed by atoms with E-state index >= 15 is 0 Å². The number of nitrogens with one attached hydrogen (secondary N) is 1. The maximum absolute atomic E-state index is 12.9. The number of sulfonamides is 1. The topological polar surface area (TPSA) is 98.3 Å². The molecule has 1 aromatic carbocycles. The molecule has 0 fully saturated rings. The van der Waals surface area contributed by atoms with Gasteiger partial charge in [0, 0.05) is 4.88 Å². The number of anilines is 1. The average molecular weight is 412 g/mol. The molecule has 0 saturated carbocycles. The lowest BCUT2D eigenvalue weighted by atomic mass is 10.1. The third-order valence-corrected chi connectivity index (χ3v) is 6.87. The first kappa shape index (κ1) is 18.7. The number of hydrogen-bond donors (Lipinski definition) is 1. The van der Waals surface area contributed by atoms with Crippen LogP contribution in [0.1, 0.15) is 34.6 Å². The summed E-state index contributed by atoms with van der Waals surface area (Å²) in [6, 6.07) is 4.77. The van der Waals surface area contributed by atoms with Gasteiger partial charge in [-0.25, -0.2) is 13.2 Å². The number of thiophene rings is 1. The van der Waals surface area contributed by atoms with Crippen molar-refractivity contribution in [2.24, 2.45) is 0 Å². The molecule has 0 unspecified atom stereocenters. The third-order valence-electron chi connectivity index (χ3n) is 3.70. The number of nitrogens with zero attached hydrogens (tertiary/aromatic N) is 2. The van der Waals surface area contributed by atoms with Crippen LogP contribution in [0.25, 0.3) is 11.0 Å². The van der Waals surface area contributed by atoms with E-state index in [1.165, 1.54) is 17.4 Å². The summed E-state index contributed by atoms with van der Waals surface area (Å²) >= 11 is 2.15. The zero-order valence-electron chi connectivity index (χ0n) is 14.6. The Balaban J connectivity index is 2.05. The van der Waals surface area contributed by atoms with Gasteiger partial charge in [-0.15, -0.1) is 11.3 Å². The Labute approximate surface area is 159 Å². The Morgan fingerprint density at radius 2 is 1.96 bits per heavy atom. The lowest BCUT2D eigenvalue weighted by molar-refractivity contribution is 0.0379. The molecule has 2 heterocycles. The SMILES string of the molecule is Cc1sc(NS(=O)(=O)c2cccc3nsnc23)c(C(=O)OC(C)C)c1C. The van der Waals surface area contributed by atoms with Gasteiger partial charge in [0.25, 0.3) is 10.0 Å². The van der Waals surface area contributed by atoms with E-state index in [-0.39, 0.29) is 21.6 Å². The van der Waals surface area contributed by atoms with Gasteiger partial charge in [0.2, 0.25) is 0 Å². The van der Waals surface area contributed by atoms with Crippen LogP contribution in [-0.2, 0) is 14.8 Å². The minimum atomic E-state index is -3.94. The number of benzene rings is 1. The van der Waals surface area contributed by atoms with Crippen LogP contribution in [0.5, 0.6) is 0 Å². The van der Waals surface area contributed by atoms with E-state index in [1.807, 2.05) is 6.92 Å². The molecule has 138 valence electrons. The highest BCUT2D eigenvalue weighted by Gasteiger charge is 2.27. The van der Waals surface area contributed by atoms with Crippen molar-refractivity contribution < 1.29 is 17.9 Å². The van der Waals surface area contributed by atoms with Gasteiger partial charge in [0.05, 0.1) is 23.4 Å². The number of fused-ring (bicyclic) bond motifs is 1. The fourth-order valence-corrected chi connectivity index (χ4v) is 5.51. The van der Waals surface area contributed by atoms with Crippen LogP contribution in [0.15, 0.2) is 23.1 Å². The highest BCUT2D eigenvalue weighted by Crippen LogP contribution is 2.35. The number of aromatic nitrogens is 2. The number of carbonyl (C=O) groups excluding carboxylic acids is 1. The summed E-state index contributed by atoms with van der Waals surface area (Å²) in [4.78, 5) is 13.3. The Hall–Kier alpha value is -2.04. The summed E-state index contributed by atoms with van der Waals surface area (Å²) in [5.74, 6) is -0.548. The lowest BCUT2D eigenvalue weighted by Crippen LogP contribution is -2.17. The molecule has 7 nitrogen and oxygen atoms in total. The van der Waals surface area contributed by atoms with Crippen molar-refractivity contribution in [1.82, 2.24) is 8.75 Å². The molecule has 0 aliphatic heterocycles. The largest absolute Gasteiger partial charge is 0.459 e. The molecule has 0 atom stereocenters. The standard InChI is InChI=1S/C16H17N3O4S3/c1-8(2)23-16(20)13-9(3)10(4)24-15(13)19-26(21,22)12-7-5-6-11-14(12)18-25-17-11/h5-8,19H,1-4H3. The number of ether oxygens (including phenoxy) is 1. The molecule has 0 saturated heterocycles. The number of carbonyl (C=O) groups is 1. The van der Waals surface area contributed by atoms with Gasteiger partial charge in [-0.1, -0.05) is 6.07 Å². The minimum Gasteiger partial charge on any atom is -0.459 e. The number of hydrogen-bond acceptors (Lipinski definition) is 8. The Bertz CT molecular complexity index is 1080. The molecule has 1 N–H and O–H groups in total. The molecule has 3 rings (SSSR count). The summed E-state index contributed by atoms with van der Waals surface area (Å²) < 4.78 is 41.7. The van der Waals surface area contributed by atoms with E-state index in [0.29, 0.717) is 16.6 Å². The first-order chi connectivity index (χ1) is 12.2. The maximum Gasteiger partial charge on any atom is 0.341 e. The molecular formula is C16H17N3O4S3. The van der Waals surface area contributed by atoms with Gasteiger partial charge < -0.3 is 4.74 Å². The van der Waals surface area contributed by atoms with Crippen LogP contribution < -0.4 is 4.72 Å². The highest BCUT2D eigenvalue weighted by molar-refractivity contribution is 7.93. The van der Waals surface area contributed by atoms with Crippen molar-refractivity contribution >= 4 is 55.1 Å². The molecule has 26 heavy (non-hydrogen) atoms. The van der Waals surface area contributed by atoms with Crippen molar-refractivity contribution in [3.05, 3.63) is 34.2 Å². The predicted molar refractivity (Wildman–Crippen MR) is 103 cm³/mol. The van der Waals surface area contributed by atoms with Crippen LogP contribution in [0, 0.1) is 13.8 Å². The fraction of sp³-hybridized carbons (Fsp3) is 0.312. The molecule has 2 aromatic heterocycles. The first-order valence-corrected chi connectivity index (χ1v) is 10.8. The second-order valence-electron chi connectivity index (χ2n) is 5.94. The molecule has 3 aromatic rings. The van der Waals surface area contributed by atoms with Crippen molar-refractivity contribution in [3.63, 3.8) is 0 Å². The Morgan fingerprint density at radius 3 is 2.65 bits per heavy atom. The van der Waals surface area contributed by atoms with Gasteiger partial charge in [0.1, 0.15) is 20.9 Å². The van der Waals surface area contributed by atoms with Crippen LogP contribution in [0.2, 0.25) is 0 Å². The monoisotopic (exact) mass is 411 g/mol. The van der Waals surface area contributed by atoms with E-state index in [4.69, 9.17) is 4.74 Å². The number of aryl methyl sites for hydroxylation is 1. The van der Waals surface area contributed by atoms with Crippen LogP contribution in [-0.4, -0.2) is 29.2 Å². The molecular weight excluding hydrogens is 394 g/mol. The van der Waals surface area contributed by atoms with Crippen molar-refractivity contribution in [2.75, 3.05) is 4.72 Å². The third kappa shape index (κ3) is 3.44.